The summed E-state index contributed by atoms with van der Waals surface area (Å²) in [5.74, 6) is -3.80. The number of esters is 1. The van der Waals surface area contributed by atoms with Crippen LogP contribution < -0.4 is 15.2 Å². The first kappa shape index (κ1) is 32.7. The van der Waals surface area contributed by atoms with Gasteiger partial charge < -0.3 is 34.5 Å². The molecule has 11 heteroatoms. The number of aliphatic carboxylic acids is 1. The molecule has 0 spiro atoms. The molecule has 0 heterocycles. The third kappa shape index (κ3) is 9.85. The largest absolute Gasteiger partial charge is 0.514 e. The zero-order valence-electron chi connectivity index (χ0n) is 23.5. The predicted octanol–water partition coefficient (Wildman–Crippen LogP) is 4.89. The van der Waals surface area contributed by atoms with Gasteiger partial charge in [-0.25, -0.2) is 9.59 Å². The van der Waals surface area contributed by atoms with Gasteiger partial charge in [-0.05, 0) is 58.2 Å². The molecule has 4 unspecified atom stereocenters. The Morgan fingerprint density at radius 3 is 1.71 bits per heavy atom. The van der Waals surface area contributed by atoms with Crippen molar-refractivity contribution in [2.24, 2.45) is 23.5 Å². The molecule has 11 nitrogen and oxygen atoms in total. The van der Waals surface area contributed by atoms with Gasteiger partial charge >= 0.3 is 24.2 Å². The van der Waals surface area contributed by atoms with Crippen molar-refractivity contribution in [2.45, 2.75) is 92.6 Å². The molecule has 5 atom stereocenters. The summed E-state index contributed by atoms with van der Waals surface area (Å²) >= 11 is 0. The SMILES string of the molecule is CC(C)OC(=O)Oc1ccc(C(C(C)C(C)OC(=O)C(C)C(C)C)[C@H](N)C(=O)O)cc1OC(=O)OC(C)C. The minimum Gasteiger partial charge on any atom is -0.480 e. The number of benzene rings is 1. The smallest absolute Gasteiger partial charge is 0.480 e. The van der Waals surface area contributed by atoms with Gasteiger partial charge in [0.25, 0.3) is 0 Å². The Balaban J connectivity index is 3.46. The highest BCUT2D eigenvalue weighted by atomic mass is 16.7. The second-order valence-electron chi connectivity index (χ2n) is 10.2. The van der Waals surface area contributed by atoms with Crippen LogP contribution in [0.2, 0.25) is 0 Å². The van der Waals surface area contributed by atoms with Gasteiger partial charge in [0.15, 0.2) is 11.5 Å². The molecule has 0 saturated heterocycles. The molecular formula is C27H41NO10. The number of carbonyl (C=O) groups is 4. The molecule has 0 aromatic heterocycles. The van der Waals surface area contributed by atoms with E-state index in [9.17, 15) is 24.3 Å². The van der Waals surface area contributed by atoms with Crippen LogP contribution in [0.5, 0.6) is 11.5 Å². The molecule has 1 aromatic carbocycles. The van der Waals surface area contributed by atoms with E-state index in [4.69, 9.17) is 29.4 Å². The molecule has 1 rings (SSSR count). The maximum Gasteiger partial charge on any atom is 0.514 e. The molecule has 0 bridgehead atoms. The molecule has 0 radical (unpaired) electrons. The van der Waals surface area contributed by atoms with E-state index in [0.29, 0.717) is 5.56 Å². The summed E-state index contributed by atoms with van der Waals surface area (Å²) in [6.07, 6.45) is -3.74. The Kier molecular flexibility index (Phi) is 12.5. The minimum atomic E-state index is -1.40. The quantitative estimate of drug-likeness (QED) is 0.211. The number of carboxylic acid groups (broad SMARTS) is 1. The number of ether oxygens (including phenoxy) is 5. The maximum absolute atomic E-state index is 12.5. The monoisotopic (exact) mass is 539 g/mol. The van der Waals surface area contributed by atoms with E-state index >= 15 is 0 Å². The van der Waals surface area contributed by atoms with Gasteiger partial charge in [0.1, 0.15) is 12.1 Å². The zero-order valence-corrected chi connectivity index (χ0v) is 23.5. The normalized spacial score (nSPS) is 15.3. The summed E-state index contributed by atoms with van der Waals surface area (Å²) in [5.41, 5.74) is 6.43. The van der Waals surface area contributed by atoms with Gasteiger partial charge in [-0.3, -0.25) is 9.59 Å². The van der Waals surface area contributed by atoms with Crippen LogP contribution in [0.15, 0.2) is 18.2 Å². The lowest BCUT2D eigenvalue weighted by molar-refractivity contribution is -0.157. The summed E-state index contributed by atoms with van der Waals surface area (Å²) in [6.45, 7) is 15.5. The van der Waals surface area contributed by atoms with Crippen LogP contribution in [0, 0.1) is 17.8 Å². The lowest BCUT2D eigenvalue weighted by Crippen LogP contribution is -2.43. The van der Waals surface area contributed by atoms with Gasteiger partial charge in [0.05, 0.1) is 18.1 Å². The molecule has 0 aliphatic rings. The Morgan fingerprint density at radius 1 is 0.763 bits per heavy atom. The average molecular weight is 540 g/mol. The van der Waals surface area contributed by atoms with Crippen LogP contribution in [0.25, 0.3) is 0 Å². The van der Waals surface area contributed by atoms with Crippen molar-refractivity contribution in [1.82, 2.24) is 0 Å². The second-order valence-corrected chi connectivity index (χ2v) is 10.2. The first-order chi connectivity index (χ1) is 17.5. The molecule has 0 aliphatic carbocycles. The zero-order chi connectivity index (χ0) is 29.3. The van der Waals surface area contributed by atoms with Crippen molar-refractivity contribution in [3.63, 3.8) is 0 Å². The Morgan fingerprint density at radius 2 is 1.26 bits per heavy atom. The number of nitrogens with two attached hydrogens (primary N) is 1. The molecule has 0 aliphatic heterocycles. The Bertz CT molecular complexity index is 975. The fourth-order valence-corrected chi connectivity index (χ4v) is 3.46. The lowest BCUT2D eigenvalue weighted by Gasteiger charge is -2.32. The molecule has 3 N–H and O–H groups in total. The van der Waals surface area contributed by atoms with Crippen LogP contribution in [-0.4, -0.2) is 53.7 Å². The van der Waals surface area contributed by atoms with Crippen molar-refractivity contribution in [1.29, 1.82) is 0 Å². The maximum atomic E-state index is 12.5. The van der Waals surface area contributed by atoms with Crippen LogP contribution in [0.4, 0.5) is 9.59 Å². The topological polar surface area (TPSA) is 161 Å². The van der Waals surface area contributed by atoms with Crippen molar-refractivity contribution < 1.29 is 48.0 Å². The summed E-state index contributed by atoms with van der Waals surface area (Å²) < 4.78 is 26.1. The van der Waals surface area contributed by atoms with Gasteiger partial charge in [0.2, 0.25) is 0 Å². The van der Waals surface area contributed by atoms with E-state index in [0.717, 1.165) is 0 Å². The van der Waals surface area contributed by atoms with E-state index in [2.05, 4.69) is 0 Å². The molecule has 1 aromatic rings. The van der Waals surface area contributed by atoms with Gasteiger partial charge in [0, 0.05) is 11.8 Å². The van der Waals surface area contributed by atoms with Gasteiger partial charge in [-0.15, -0.1) is 0 Å². The number of carbonyl (C=O) groups excluding carboxylic acids is 3. The fourth-order valence-electron chi connectivity index (χ4n) is 3.46. The first-order valence-electron chi connectivity index (χ1n) is 12.6. The van der Waals surface area contributed by atoms with E-state index in [1.54, 1.807) is 48.5 Å². The van der Waals surface area contributed by atoms with E-state index in [-0.39, 0.29) is 23.3 Å². The predicted molar refractivity (Wildman–Crippen MR) is 138 cm³/mol. The lowest BCUT2D eigenvalue weighted by atomic mass is 9.79. The van der Waals surface area contributed by atoms with Gasteiger partial charge in [-0.2, -0.15) is 0 Å². The number of rotatable bonds is 12. The number of hydrogen-bond acceptors (Lipinski definition) is 10. The summed E-state index contributed by atoms with van der Waals surface area (Å²) in [7, 11) is 0. The van der Waals surface area contributed by atoms with Gasteiger partial charge in [-0.1, -0.05) is 33.8 Å². The van der Waals surface area contributed by atoms with Crippen LogP contribution in [0.1, 0.15) is 73.8 Å². The third-order valence-corrected chi connectivity index (χ3v) is 6.06. The van der Waals surface area contributed by atoms with Crippen LogP contribution in [-0.2, 0) is 23.8 Å². The molecule has 0 amide bonds. The van der Waals surface area contributed by atoms with Crippen molar-refractivity contribution in [2.75, 3.05) is 0 Å². The third-order valence-electron chi connectivity index (χ3n) is 6.06. The average Bonchev–Trinajstić information content (AvgIpc) is 2.78. The standard InChI is InChI=1S/C27H41NO10/c1-13(2)16(7)25(31)36-18(9)17(8)22(23(28)24(29)30)19-10-11-20(37-26(32)34-14(3)4)21(12-19)38-27(33)35-15(5)6/h10-18,22-23H,28H2,1-9H3,(H,29,30)/t16?,17?,18?,22?,23-/m0/s1. The highest BCUT2D eigenvalue weighted by Crippen LogP contribution is 2.37. The second kappa shape index (κ2) is 14.6. The number of hydrogen-bond donors (Lipinski definition) is 2. The van der Waals surface area contributed by atoms with E-state index < -0.39 is 60.4 Å². The first-order valence-corrected chi connectivity index (χ1v) is 12.6. The van der Waals surface area contributed by atoms with Crippen LogP contribution >= 0.6 is 0 Å². The number of carboxylic acids is 1. The highest BCUT2D eigenvalue weighted by molar-refractivity contribution is 5.75. The van der Waals surface area contributed by atoms with Crippen molar-refractivity contribution >= 4 is 24.2 Å². The van der Waals surface area contributed by atoms with E-state index in [1.165, 1.54) is 18.2 Å². The summed E-state index contributed by atoms with van der Waals surface area (Å²) in [6, 6.07) is 2.77. The molecule has 214 valence electrons. The highest BCUT2D eigenvalue weighted by Gasteiger charge is 2.36. The van der Waals surface area contributed by atoms with Crippen molar-refractivity contribution in [3.05, 3.63) is 23.8 Å². The van der Waals surface area contributed by atoms with Crippen LogP contribution in [0.3, 0.4) is 0 Å². The molecule has 0 fully saturated rings. The Hall–Kier alpha value is -3.34. The van der Waals surface area contributed by atoms with Crippen molar-refractivity contribution in [3.8, 4) is 11.5 Å². The summed E-state index contributed by atoms with van der Waals surface area (Å²) in [5, 5.41) is 9.73. The Labute approximate surface area is 223 Å². The summed E-state index contributed by atoms with van der Waals surface area (Å²) in [4.78, 5) is 48.8. The molecular weight excluding hydrogens is 498 g/mol. The van der Waals surface area contributed by atoms with E-state index in [1.807, 2.05) is 13.8 Å². The molecule has 38 heavy (non-hydrogen) atoms. The fraction of sp³-hybridized carbons (Fsp3) is 0.630. The molecule has 0 saturated carbocycles. The minimum absolute atomic E-state index is 0.0577.